The number of benzene rings is 2. The smallest absolute Gasteiger partial charge is 0.228 e. The summed E-state index contributed by atoms with van der Waals surface area (Å²) >= 11 is 0. The van der Waals surface area contributed by atoms with E-state index in [1.54, 1.807) is 13.0 Å². The van der Waals surface area contributed by atoms with Gasteiger partial charge in [0.25, 0.3) is 0 Å². The van der Waals surface area contributed by atoms with Crippen LogP contribution in [0.5, 0.6) is 11.5 Å². The number of nitrogens with zero attached hydrogens (tertiary/aromatic N) is 2. The summed E-state index contributed by atoms with van der Waals surface area (Å²) in [4.78, 5) is 21.6. The van der Waals surface area contributed by atoms with Gasteiger partial charge in [-0.05, 0) is 43.2 Å². The zero-order valence-electron chi connectivity index (χ0n) is 19.4. The Kier molecular flexibility index (Phi) is 6.93. The number of carbonyl (C=O) groups is 1. The first-order valence-corrected chi connectivity index (χ1v) is 10.8. The molecule has 2 aromatic carbocycles. The van der Waals surface area contributed by atoms with E-state index in [1.165, 1.54) is 38.6 Å². The monoisotopic (exact) mass is 487 g/mol. The van der Waals surface area contributed by atoms with Crippen LogP contribution < -0.4 is 14.8 Å². The third-order valence-electron chi connectivity index (χ3n) is 5.98. The van der Waals surface area contributed by atoms with Crippen molar-refractivity contribution in [2.24, 2.45) is 5.92 Å². The van der Waals surface area contributed by atoms with Gasteiger partial charge in [0.05, 0.1) is 32.4 Å². The largest absolute Gasteiger partial charge is 0.497 e. The zero-order valence-corrected chi connectivity index (χ0v) is 19.4. The molecule has 0 saturated heterocycles. The van der Waals surface area contributed by atoms with Gasteiger partial charge in [-0.15, -0.1) is 0 Å². The Morgan fingerprint density at radius 3 is 2.66 bits per heavy atom. The summed E-state index contributed by atoms with van der Waals surface area (Å²) < 4.78 is 57.7. The Hall–Kier alpha value is -3.66. The number of amides is 1. The van der Waals surface area contributed by atoms with E-state index >= 15 is 0 Å². The first kappa shape index (κ1) is 24.5. The zero-order chi connectivity index (χ0) is 25.2. The van der Waals surface area contributed by atoms with Gasteiger partial charge >= 0.3 is 0 Å². The molecule has 1 amide bonds. The molecule has 4 rings (SSSR count). The lowest BCUT2D eigenvalue weighted by Crippen LogP contribution is -2.27. The molecule has 0 bridgehead atoms. The van der Waals surface area contributed by atoms with E-state index in [4.69, 9.17) is 14.2 Å². The van der Waals surface area contributed by atoms with Gasteiger partial charge < -0.3 is 19.5 Å². The van der Waals surface area contributed by atoms with Gasteiger partial charge in [0.2, 0.25) is 5.91 Å². The molecule has 3 aromatic rings. The van der Waals surface area contributed by atoms with Crippen molar-refractivity contribution in [3.63, 3.8) is 0 Å². The number of ether oxygens (including phenoxy) is 3. The third-order valence-corrected chi connectivity index (χ3v) is 5.98. The van der Waals surface area contributed by atoms with Crippen LogP contribution in [0, 0.1) is 30.3 Å². The average Bonchev–Trinajstić information content (AvgIpc) is 3.57. The number of carbonyl (C=O) groups excluding carboxylic acids is 1. The molecule has 1 heterocycles. The highest BCUT2D eigenvalue weighted by molar-refractivity contribution is 5.96. The molecule has 0 radical (unpaired) electrons. The van der Waals surface area contributed by atoms with Crippen molar-refractivity contribution in [3.8, 4) is 11.5 Å². The van der Waals surface area contributed by atoms with Crippen molar-refractivity contribution in [3.05, 3.63) is 77.1 Å². The minimum atomic E-state index is -1.08. The van der Waals surface area contributed by atoms with E-state index in [1.807, 2.05) is 0 Å². The Morgan fingerprint density at radius 2 is 1.94 bits per heavy atom. The molecule has 1 saturated carbocycles. The normalized spacial score (nSPS) is 18.7. The molecule has 0 unspecified atom stereocenters. The highest BCUT2D eigenvalue weighted by Gasteiger charge is 2.60. The highest BCUT2D eigenvalue weighted by Crippen LogP contribution is 2.55. The molecule has 1 fully saturated rings. The Bertz CT molecular complexity index is 1260. The molecular formula is C25H24F3N3O4. The molecule has 2 atom stereocenters. The number of methoxy groups -OCH3 is 2. The second-order valence-electron chi connectivity index (χ2n) is 8.36. The van der Waals surface area contributed by atoms with Crippen LogP contribution >= 0.6 is 0 Å². The van der Waals surface area contributed by atoms with Gasteiger partial charge in [0.15, 0.2) is 17.4 Å². The number of hydrogen-bond donors (Lipinski definition) is 1. The van der Waals surface area contributed by atoms with Crippen LogP contribution in [0.1, 0.15) is 23.5 Å². The van der Waals surface area contributed by atoms with Crippen molar-refractivity contribution < 1.29 is 32.2 Å². The number of anilines is 1. The maximum atomic E-state index is 14.4. The van der Waals surface area contributed by atoms with Gasteiger partial charge in [0.1, 0.15) is 23.1 Å². The maximum Gasteiger partial charge on any atom is 0.228 e. The summed E-state index contributed by atoms with van der Waals surface area (Å²) in [6.45, 7) is 1.95. The summed E-state index contributed by atoms with van der Waals surface area (Å²) in [5.74, 6) is -2.45. The van der Waals surface area contributed by atoms with Gasteiger partial charge in [-0.25, -0.2) is 23.1 Å². The molecule has 184 valence electrons. The van der Waals surface area contributed by atoms with Crippen molar-refractivity contribution in [1.29, 1.82) is 0 Å². The number of halogens is 3. The molecular weight excluding hydrogens is 463 g/mol. The lowest BCUT2D eigenvalue weighted by molar-refractivity contribution is -0.117. The first-order chi connectivity index (χ1) is 16.8. The van der Waals surface area contributed by atoms with Crippen molar-refractivity contribution >= 4 is 11.6 Å². The lowest BCUT2D eigenvalue weighted by atomic mass is 9.93. The van der Waals surface area contributed by atoms with Crippen LogP contribution in [0.15, 0.2) is 42.6 Å². The predicted octanol–water partition coefficient (Wildman–Crippen LogP) is 4.33. The van der Waals surface area contributed by atoms with Crippen LogP contribution in [-0.2, 0) is 21.6 Å². The van der Waals surface area contributed by atoms with E-state index in [0.29, 0.717) is 35.0 Å². The summed E-state index contributed by atoms with van der Waals surface area (Å²) in [5.41, 5.74) is 0.270. The van der Waals surface area contributed by atoms with Crippen molar-refractivity contribution in [2.75, 3.05) is 26.1 Å². The SMILES string of the molecule is COCc1nc(C)ncc1OC[C@@]1(c2cc(F)cc(OC)c2)C[C@H]1C(=O)Nc1ccc(F)c(F)c1. The van der Waals surface area contributed by atoms with Crippen molar-refractivity contribution in [2.45, 2.75) is 25.4 Å². The molecule has 7 nitrogen and oxygen atoms in total. The van der Waals surface area contributed by atoms with Crippen LogP contribution in [-0.4, -0.2) is 36.7 Å². The van der Waals surface area contributed by atoms with E-state index in [9.17, 15) is 18.0 Å². The molecule has 35 heavy (non-hydrogen) atoms. The molecule has 1 aliphatic carbocycles. The summed E-state index contributed by atoms with van der Waals surface area (Å²) in [6, 6.07) is 7.32. The molecule has 1 N–H and O–H groups in total. The lowest BCUT2D eigenvalue weighted by Gasteiger charge is -2.21. The Labute approximate surface area is 200 Å². The average molecular weight is 487 g/mol. The molecule has 0 aliphatic heterocycles. The van der Waals surface area contributed by atoms with Crippen LogP contribution in [0.25, 0.3) is 0 Å². The molecule has 1 aliphatic rings. The number of aryl methyl sites for hydroxylation is 1. The quantitative estimate of drug-likeness (QED) is 0.484. The van der Waals surface area contributed by atoms with E-state index < -0.39 is 34.7 Å². The number of hydrogen-bond acceptors (Lipinski definition) is 6. The minimum Gasteiger partial charge on any atom is -0.497 e. The van der Waals surface area contributed by atoms with Crippen LogP contribution in [0.4, 0.5) is 18.9 Å². The van der Waals surface area contributed by atoms with Gasteiger partial charge in [-0.1, -0.05) is 0 Å². The number of nitrogens with one attached hydrogen (secondary N) is 1. The van der Waals surface area contributed by atoms with E-state index in [0.717, 1.165) is 12.1 Å². The third kappa shape index (κ3) is 5.22. The van der Waals surface area contributed by atoms with Crippen LogP contribution in [0.3, 0.4) is 0 Å². The standard InChI is InChI=1S/C25H24F3N3O4/c1-14-29-11-23(22(30-14)12-33-2)35-13-25(15-6-16(26)8-18(7-15)34-3)10-19(25)24(32)31-17-4-5-20(27)21(28)9-17/h4-9,11,19H,10,12-13H2,1-3H3,(H,31,32)/t19-,25+/m0/s1. The second-order valence-corrected chi connectivity index (χ2v) is 8.36. The van der Waals surface area contributed by atoms with Crippen molar-refractivity contribution in [1.82, 2.24) is 9.97 Å². The van der Waals surface area contributed by atoms with E-state index in [2.05, 4.69) is 15.3 Å². The summed E-state index contributed by atoms with van der Waals surface area (Å²) in [6.07, 6.45) is 1.86. The molecule has 10 heteroatoms. The van der Waals surface area contributed by atoms with E-state index in [-0.39, 0.29) is 18.9 Å². The van der Waals surface area contributed by atoms with Crippen LogP contribution in [0.2, 0.25) is 0 Å². The van der Waals surface area contributed by atoms with Gasteiger partial charge in [-0.3, -0.25) is 4.79 Å². The topological polar surface area (TPSA) is 82.6 Å². The fraction of sp³-hybridized carbons (Fsp3) is 0.320. The summed E-state index contributed by atoms with van der Waals surface area (Å²) in [5, 5.41) is 2.61. The highest BCUT2D eigenvalue weighted by atomic mass is 19.2. The second kappa shape index (κ2) is 9.91. The fourth-order valence-electron chi connectivity index (χ4n) is 4.06. The number of rotatable bonds is 9. The minimum absolute atomic E-state index is 0.0125. The fourth-order valence-corrected chi connectivity index (χ4v) is 4.06. The first-order valence-electron chi connectivity index (χ1n) is 10.8. The van der Waals surface area contributed by atoms with Gasteiger partial charge in [-0.2, -0.15) is 0 Å². The predicted molar refractivity (Wildman–Crippen MR) is 121 cm³/mol. The van der Waals surface area contributed by atoms with Gasteiger partial charge in [0, 0.05) is 30.3 Å². The Balaban J connectivity index is 1.62. The molecule has 1 aromatic heterocycles. The summed E-state index contributed by atoms with van der Waals surface area (Å²) in [7, 11) is 2.95. The number of aromatic nitrogens is 2. The molecule has 0 spiro atoms. The maximum absolute atomic E-state index is 14.4. The Morgan fingerprint density at radius 1 is 1.14 bits per heavy atom.